The van der Waals surface area contributed by atoms with Crippen LogP contribution in [0.25, 0.3) is 0 Å². The number of carbonyl (C=O) groups is 2. The highest BCUT2D eigenvalue weighted by Crippen LogP contribution is 2.25. The van der Waals surface area contributed by atoms with Crippen LogP contribution in [0.2, 0.25) is 0 Å². The zero-order chi connectivity index (χ0) is 21.5. The lowest BCUT2D eigenvalue weighted by Gasteiger charge is -2.10. The van der Waals surface area contributed by atoms with Gasteiger partial charge in [0.25, 0.3) is 0 Å². The second kappa shape index (κ2) is 10.3. The molecule has 10 heteroatoms. The van der Waals surface area contributed by atoms with Gasteiger partial charge in [-0.3, -0.25) is 9.59 Å². The number of thioether (sulfide) groups is 1. The molecule has 0 aromatic heterocycles. The van der Waals surface area contributed by atoms with Crippen LogP contribution < -0.4 is 14.8 Å². The minimum Gasteiger partial charge on any atom is -0.497 e. The van der Waals surface area contributed by atoms with E-state index in [1.54, 1.807) is 7.11 Å². The highest BCUT2D eigenvalue weighted by atomic mass is 79.9. The molecule has 1 fully saturated rings. The highest BCUT2D eigenvalue weighted by Gasteiger charge is 2.32. The lowest BCUT2D eigenvalue weighted by atomic mass is 10.2. The van der Waals surface area contributed by atoms with Crippen LogP contribution >= 0.6 is 27.7 Å². The molecule has 8 nitrogen and oxygen atoms in total. The molecule has 1 atom stereocenters. The largest absolute Gasteiger partial charge is 0.497 e. The van der Waals surface area contributed by atoms with Gasteiger partial charge < -0.3 is 19.9 Å². The first-order valence-electron chi connectivity index (χ1n) is 8.80. The van der Waals surface area contributed by atoms with Gasteiger partial charge in [0.1, 0.15) is 23.4 Å². The number of nitrogens with zero attached hydrogens (tertiary/aromatic N) is 2. The lowest BCUT2D eigenvalue weighted by molar-refractivity contribution is -0.138. The number of carbonyl (C=O) groups excluding carboxylic acids is 1. The number of methoxy groups -OCH3 is 1. The first-order valence-corrected chi connectivity index (χ1v) is 10.5. The number of rotatable bonds is 8. The van der Waals surface area contributed by atoms with Crippen molar-refractivity contribution in [3.63, 3.8) is 0 Å². The number of carboxylic acid groups (broad SMARTS) is 1. The summed E-state index contributed by atoms with van der Waals surface area (Å²) < 4.78 is 12.0. The summed E-state index contributed by atoms with van der Waals surface area (Å²) in [6.45, 7) is 0.344. The van der Waals surface area contributed by atoms with Gasteiger partial charge in [-0.05, 0) is 35.9 Å². The van der Waals surface area contributed by atoms with Crippen molar-refractivity contribution in [1.29, 1.82) is 0 Å². The number of amides is 1. The molecule has 1 aliphatic heterocycles. The molecule has 2 aromatic rings. The van der Waals surface area contributed by atoms with Gasteiger partial charge in [0.15, 0.2) is 5.17 Å². The van der Waals surface area contributed by atoms with Gasteiger partial charge in [-0.1, -0.05) is 39.8 Å². The minimum atomic E-state index is -1.04. The molecule has 1 amide bonds. The third-order valence-corrected chi connectivity index (χ3v) is 5.55. The summed E-state index contributed by atoms with van der Waals surface area (Å²) in [5.74, 6) is -0.0702. The standard InChI is InChI=1S/C20H18BrN3O5S/c1-28-15-4-2-3-12(7-15)11-29-16-6-5-14(21)8-13(16)10-22-24-20-23-19(27)17(30-20)9-18(25)26/h2-8,10,17H,9,11H2,1H3,(H,25,26)(H,23,24,27). The molecule has 0 spiro atoms. The number of ether oxygens (including phenoxy) is 2. The van der Waals surface area contributed by atoms with Crippen LogP contribution in [0.5, 0.6) is 11.5 Å². The van der Waals surface area contributed by atoms with Crippen molar-refractivity contribution in [3.8, 4) is 11.5 Å². The van der Waals surface area contributed by atoms with E-state index < -0.39 is 11.2 Å². The maximum Gasteiger partial charge on any atom is 0.305 e. The molecule has 0 saturated carbocycles. The summed E-state index contributed by atoms with van der Waals surface area (Å²) in [5.41, 5.74) is 1.64. The average molecular weight is 492 g/mol. The van der Waals surface area contributed by atoms with E-state index in [1.807, 2.05) is 42.5 Å². The first kappa shape index (κ1) is 21.8. The Kier molecular flexibility index (Phi) is 7.47. The summed E-state index contributed by atoms with van der Waals surface area (Å²) in [6, 6.07) is 13.1. The molecule has 2 N–H and O–H groups in total. The Morgan fingerprint density at radius 2 is 2.17 bits per heavy atom. The number of hydrogen-bond donors (Lipinski definition) is 2. The van der Waals surface area contributed by atoms with Crippen LogP contribution in [-0.4, -0.2) is 40.7 Å². The van der Waals surface area contributed by atoms with E-state index in [9.17, 15) is 9.59 Å². The number of amidine groups is 1. The van der Waals surface area contributed by atoms with Crippen molar-refractivity contribution in [2.75, 3.05) is 7.11 Å². The molecule has 0 bridgehead atoms. The Morgan fingerprint density at radius 3 is 2.93 bits per heavy atom. The van der Waals surface area contributed by atoms with E-state index in [0.717, 1.165) is 27.5 Å². The topological polar surface area (TPSA) is 110 Å². The number of hydrogen-bond acceptors (Lipinski definition) is 7. The number of aliphatic carboxylic acids is 1. The summed E-state index contributed by atoms with van der Waals surface area (Å²) in [7, 11) is 1.61. The van der Waals surface area contributed by atoms with Crippen LogP contribution in [0.3, 0.4) is 0 Å². The maximum atomic E-state index is 11.8. The monoisotopic (exact) mass is 491 g/mol. The molecule has 30 heavy (non-hydrogen) atoms. The predicted octanol–water partition coefficient (Wildman–Crippen LogP) is 3.43. The van der Waals surface area contributed by atoms with E-state index in [2.05, 4.69) is 31.4 Å². The average Bonchev–Trinajstić information content (AvgIpc) is 3.06. The fourth-order valence-electron chi connectivity index (χ4n) is 2.56. The fourth-order valence-corrected chi connectivity index (χ4v) is 3.86. The van der Waals surface area contributed by atoms with Gasteiger partial charge in [0, 0.05) is 10.0 Å². The summed E-state index contributed by atoms with van der Waals surface area (Å²) >= 11 is 4.46. The molecular formula is C20H18BrN3O5S. The van der Waals surface area contributed by atoms with Crippen molar-refractivity contribution >= 4 is 51.0 Å². The minimum absolute atomic E-state index is 0.261. The SMILES string of the molecule is COc1cccc(COc2ccc(Br)cc2C=NN=C2NC(=O)C(CC(=O)O)S2)c1. The van der Waals surface area contributed by atoms with Crippen LogP contribution in [0.1, 0.15) is 17.5 Å². The van der Waals surface area contributed by atoms with Crippen molar-refractivity contribution in [1.82, 2.24) is 5.32 Å². The maximum absolute atomic E-state index is 11.8. The fraction of sp³-hybridized carbons (Fsp3) is 0.200. The Labute approximate surface area is 185 Å². The molecule has 1 heterocycles. The van der Waals surface area contributed by atoms with Crippen LogP contribution in [-0.2, 0) is 16.2 Å². The van der Waals surface area contributed by atoms with E-state index in [1.165, 1.54) is 6.21 Å². The normalized spacial score (nSPS) is 17.3. The van der Waals surface area contributed by atoms with Gasteiger partial charge in [0.2, 0.25) is 5.91 Å². The Bertz CT molecular complexity index is 1010. The van der Waals surface area contributed by atoms with Crippen LogP contribution in [0.15, 0.2) is 57.1 Å². The van der Waals surface area contributed by atoms with Gasteiger partial charge in [-0.15, -0.1) is 5.10 Å². The van der Waals surface area contributed by atoms with Gasteiger partial charge >= 0.3 is 5.97 Å². The second-order valence-electron chi connectivity index (χ2n) is 6.17. The predicted molar refractivity (Wildman–Crippen MR) is 118 cm³/mol. The first-order chi connectivity index (χ1) is 14.4. The third-order valence-electron chi connectivity index (χ3n) is 3.98. The molecule has 1 unspecified atom stereocenters. The quantitative estimate of drug-likeness (QED) is 0.432. The summed E-state index contributed by atoms with van der Waals surface area (Å²) in [4.78, 5) is 22.5. The smallest absolute Gasteiger partial charge is 0.305 e. The molecular weight excluding hydrogens is 474 g/mol. The Hall–Kier alpha value is -2.85. The van der Waals surface area contributed by atoms with E-state index in [-0.39, 0.29) is 17.5 Å². The number of halogens is 1. The zero-order valence-electron chi connectivity index (χ0n) is 15.9. The molecule has 0 radical (unpaired) electrons. The van der Waals surface area contributed by atoms with Crippen LogP contribution in [0, 0.1) is 0 Å². The third kappa shape index (κ3) is 6.07. The molecule has 156 valence electrons. The van der Waals surface area contributed by atoms with E-state index in [4.69, 9.17) is 14.6 Å². The van der Waals surface area contributed by atoms with Gasteiger partial charge in [-0.25, -0.2) is 0 Å². The van der Waals surface area contributed by atoms with Gasteiger partial charge in [-0.2, -0.15) is 5.10 Å². The Balaban J connectivity index is 1.69. The van der Waals surface area contributed by atoms with Gasteiger partial charge in [0.05, 0.1) is 19.7 Å². The van der Waals surface area contributed by atoms with Crippen molar-refractivity contribution in [3.05, 3.63) is 58.1 Å². The van der Waals surface area contributed by atoms with E-state index in [0.29, 0.717) is 17.9 Å². The number of nitrogens with one attached hydrogen (secondary N) is 1. The molecule has 2 aromatic carbocycles. The highest BCUT2D eigenvalue weighted by molar-refractivity contribution is 9.10. The molecule has 1 saturated heterocycles. The summed E-state index contributed by atoms with van der Waals surface area (Å²) in [5, 5.41) is 18.9. The zero-order valence-corrected chi connectivity index (χ0v) is 18.3. The summed E-state index contributed by atoms with van der Waals surface area (Å²) in [6.07, 6.45) is 1.24. The number of benzene rings is 2. The lowest BCUT2D eigenvalue weighted by Crippen LogP contribution is -2.26. The van der Waals surface area contributed by atoms with E-state index >= 15 is 0 Å². The van der Waals surface area contributed by atoms with Crippen molar-refractivity contribution in [2.45, 2.75) is 18.3 Å². The number of carboxylic acids is 1. The van der Waals surface area contributed by atoms with Crippen LogP contribution in [0.4, 0.5) is 0 Å². The van der Waals surface area contributed by atoms with Crippen molar-refractivity contribution < 1.29 is 24.2 Å². The second-order valence-corrected chi connectivity index (χ2v) is 8.27. The molecule has 0 aliphatic carbocycles. The molecule has 1 aliphatic rings. The Morgan fingerprint density at radius 1 is 1.33 bits per heavy atom. The molecule has 3 rings (SSSR count). The van der Waals surface area contributed by atoms with Crippen molar-refractivity contribution in [2.24, 2.45) is 10.2 Å².